The quantitative estimate of drug-likeness (QED) is 0.236. The zero-order valence-corrected chi connectivity index (χ0v) is 20.1. The molecule has 0 N–H and O–H groups in total. The number of halogens is 1. The number of fused-ring (bicyclic) bond motifs is 6. The van der Waals surface area contributed by atoms with Gasteiger partial charge in [0.15, 0.2) is 5.82 Å². The predicted molar refractivity (Wildman–Crippen MR) is 143 cm³/mol. The molecule has 0 spiro atoms. The molecule has 0 saturated carbocycles. The molecule has 1 aliphatic carbocycles. The van der Waals surface area contributed by atoms with Crippen molar-refractivity contribution in [3.05, 3.63) is 107 Å². The molecule has 0 saturated heterocycles. The van der Waals surface area contributed by atoms with Gasteiger partial charge in [-0.1, -0.05) is 86.1 Å². The Labute approximate surface area is 208 Å². The highest BCUT2D eigenvalue weighted by atomic mass is 35.5. The molecule has 0 fully saturated rings. The molecule has 0 unspecified atom stereocenters. The molecule has 0 bridgehead atoms. The summed E-state index contributed by atoms with van der Waals surface area (Å²) < 4.78 is 6.09. The van der Waals surface area contributed by atoms with Crippen LogP contribution in [0.25, 0.3) is 55.7 Å². The molecule has 2 aromatic heterocycles. The van der Waals surface area contributed by atoms with Gasteiger partial charge in [0.05, 0.1) is 5.69 Å². The van der Waals surface area contributed by atoms with E-state index in [1.54, 1.807) is 0 Å². The molecule has 0 radical (unpaired) electrons. The Hall–Kier alpha value is -3.95. The zero-order chi connectivity index (χ0) is 23.7. The number of rotatable bonds is 2. The minimum absolute atomic E-state index is 0.0876. The first kappa shape index (κ1) is 20.4. The van der Waals surface area contributed by atoms with Gasteiger partial charge in [0.1, 0.15) is 16.3 Å². The van der Waals surface area contributed by atoms with E-state index < -0.39 is 0 Å². The molecule has 1 aliphatic rings. The summed E-state index contributed by atoms with van der Waals surface area (Å²) in [4.78, 5) is 9.50. The van der Waals surface area contributed by atoms with Gasteiger partial charge in [-0.3, -0.25) is 0 Å². The van der Waals surface area contributed by atoms with Crippen LogP contribution in [0.3, 0.4) is 0 Å². The van der Waals surface area contributed by atoms with Crippen LogP contribution in [0.1, 0.15) is 25.0 Å². The average Bonchev–Trinajstić information content (AvgIpc) is 3.36. The SMILES string of the molecule is CC1(C)c2ccccc2-c2ccc(-c3nc(Cl)cc(-c4ccc5c(c4)oc4ccccc45)n3)cc21. The van der Waals surface area contributed by atoms with E-state index in [4.69, 9.17) is 21.0 Å². The summed E-state index contributed by atoms with van der Waals surface area (Å²) in [5.74, 6) is 0.617. The fourth-order valence-electron chi connectivity index (χ4n) is 5.42. The first-order valence-corrected chi connectivity index (χ1v) is 12.1. The van der Waals surface area contributed by atoms with Crippen molar-refractivity contribution in [3.63, 3.8) is 0 Å². The molecule has 4 aromatic carbocycles. The average molecular weight is 473 g/mol. The second-order valence-corrected chi connectivity index (χ2v) is 10.0. The van der Waals surface area contributed by atoms with Crippen LogP contribution >= 0.6 is 11.6 Å². The van der Waals surface area contributed by atoms with Crippen molar-refractivity contribution in [2.45, 2.75) is 19.3 Å². The highest BCUT2D eigenvalue weighted by molar-refractivity contribution is 6.29. The summed E-state index contributed by atoms with van der Waals surface area (Å²) in [5.41, 5.74) is 9.48. The zero-order valence-electron chi connectivity index (χ0n) is 19.3. The van der Waals surface area contributed by atoms with Crippen molar-refractivity contribution in [1.29, 1.82) is 0 Å². The summed E-state index contributed by atoms with van der Waals surface area (Å²) in [7, 11) is 0. The van der Waals surface area contributed by atoms with Crippen LogP contribution in [0.2, 0.25) is 5.15 Å². The number of para-hydroxylation sites is 1. The molecule has 0 aliphatic heterocycles. The van der Waals surface area contributed by atoms with Gasteiger partial charge < -0.3 is 4.42 Å². The third kappa shape index (κ3) is 3.05. The van der Waals surface area contributed by atoms with Crippen molar-refractivity contribution in [1.82, 2.24) is 9.97 Å². The third-order valence-corrected chi connectivity index (χ3v) is 7.40. The van der Waals surface area contributed by atoms with E-state index in [1.165, 1.54) is 22.3 Å². The monoisotopic (exact) mass is 472 g/mol. The van der Waals surface area contributed by atoms with Crippen molar-refractivity contribution < 1.29 is 4.42 Å². The maximum atomic E-state index is 6.50. The predicted octanol–water partition coefficient (Wildman–Crippen LogP) is 8.67. The standard InChI is InChI=1S/C31H21ClN2O/c1-31(2)24-9-5-3-7-20(24)21-13-12-19(15-25(21)31)30-33-26(17-29(32)34-30)18-11-14-23-22-8-4-6-10-27(22)35-28(23)16-18/h3-17H,1-2H3. The number of hydrogen-bond donors (Lipinski definition) is 0. The topological polar surface area (TPSA) is 38.9 Å². The third-order valence-electron chi connectivity index (χ3n) is 7.21. The van der Waals surface area contributed by atoms with Gasteiger partial charge in [0, 0.05) is 33.4 Å². The van der Waals surface area contributed by atoms with Crippen LogP contribution < -0.4 is 0 Å². The number of benzene rings is 4. The molecular weight excluding hydrogens is 452 g/mol. The van der Waals surface area contributed by atoms with E-state index in [0.29, 0.717) is 11.0 Å². The molecule has 4 heteroatoms. The minimum Gasteiger partial charge on any atom is -0.456 e. The van der Waals surface area contributed by atoms with Crippen LogP contribution in [0.15, 0.2) is 95.4 Å². The fraction of sp³-hybridized carbons (Fsp3) is 0.0968. The van der Waals surface area contributed by atoms with E-state index in [0.717, 1.165) is 38.8 Å². The molecule has 3 nitrogen and oxygen atoms in total. The van der Waals surface area contributed by atoms with Gasteiger partial charge in [-0.2, -0.15) is 0 Å². The lowest BCUT2D eigenvalue weighted by atomic mass is 9.82. The molecule has 6 aromatic rings. The minimum atomic E-state index is -0.0876. The first-order chi connectivity index (χ1) is 17.0. The molecule has 7 rings (SSSR count). The van der Waals surface area contributed by atoms with Crippen molar-refractivity contribution in [3.8, 4) is 33.8 Å². The second kappa shape index (κ2) is 7.27. The summed E-state index contributed by atoms with van der Waals surface area (Å²) in [6, 6.07) is 31.2. The largest absolute Gasteiger partial charge is 0.456 e. The van der Waals surface area contributed by atoms with E-state index in [1.807, 2.05) is 30.3 Å². The van der Waals surface area contributed by atoms with Crippen LogP contribution in [-0.2, 0) is 5.41 Å². The lowest BCUT2D eigenvalue weighted by Gasteiger charge is -2.21. The number of aromatic nitrogens is 2. The summed E-state index contributed by atoms with van der Waals surface area (Å²) in [6.07, 6.45) is 0. The van der Waals surface area contributed by atoms with Crippen molar-refractivity contribution in [2.24, 2.45) is 0 Å². The number of furan rings is 1. The lowest BCUT2D eigenvalue weighted by Crippen LogP contribution is -2.15. The Bertz CT molecular complexity index is 1800. The maximum Gasteiger partial charge on any atom is 0.161 e. The Kier molecular flexibility index (Phi) is 4.24. The van der Waals surface area contributed by atoms with Crippen molar-refractivity contribution >= 4 is 33.5 Å². The van der Waals surface area contributed by atoms with E-state index in [2.05, 4.69) is 79.5 Å². The normalized spacial score (nSPS) is 13.8. The van der Waals surface area contributed by atoms with Gasteiger partial charge in [0.2, 0.25) is 0 Å². The fourth-order valence-corrected chi connectivity index (χ4v) is 5.61. The molecule has 0 atom stereocenters. The maximum absolute atomic E-state index is 6.50. The molecule has 2 heterocycles. The van der Waals surface area contributed by atoms with Gasteiger partial charge >= 0.3 is 0 Å². The Balaban J connectivity index is 1.35. The van der Waals surface area contributed by atoms with Crippen molar-refractivity contribution in [2.75, 3.05) is 0 Å². The van der Waals surface area contributed by atoms with Crippen LogP contribution in [0.5, 0.6) is 0 Å². The summed E-state index contributed by atoms with van der Waals surface area (Å²) in [6.45, 7) is 4.54. The summed E-state index contributed by atoms with van der Waals surface area (Å²) in [5, 5.41) is 2.61. The smallest absolute Gasteiger partial charge is 0.161 e. The highest BCUT2D eigenvalue weighted by Crippen LogP contribution is 2.49. The molecule has 0 amide bonds. The Morgan fingerprint density at radius 1 is 0.657 bits per heavy atom. The number of nitrogens with zero attached hydrogens (tertiary/aromatic N) is 2. The lowest BCUT2D eigenvalue weighted by molar-refractivity contribution is 0.660. The van der Waals surface area contributed by atoms with Crippen LogP contribution in [0, 0.1) is 0 Å². The second-order valence-electron chi connectivity index (χ2n) is 9.64. The van der Waals surface area contributed by atoms with Gasteiger partial charge in [-0.15, -0.1) is 0 Å². The Morgan fingerprint density at radius 2 is 1.40 bits per heavy atom. The van der Waals surface area contributed by atoms with Gasteiger partial charge in [-0.05, 0) is 46.5 Å². The molecule has 168 valence electrons. The Morgan fingerprint density at radius 3 is 2.31 bits per heavy atom. The molecule has 35 heavy (non-hydrogen) atoms. The van der Waals surface area contributed by atoms with Crippen LogP contribution in [-0.4, -0.2) is 9.97 Å². The number of hydrogen-bond acceptors (Lipinski definition) is 3. The van der Waals surface area contributed by atoms with E-state index >= 15 is 0 Å². The molecular formula is C31H21ClN2O. The summed E-state index contributed by atoms with van der Waals surface area (Å²) >= 11 is 6.50. The van der Waals surface area contributed by atoms with E-state index in [9.17, 15) is 0 Å². The highest BCUT2D eigenvalue weighted by Gasteiger charge is 2.35. The van der Waals surface area contributed by atoms with Gasteiger partial charge in [-0.25, -0.2) is 9.97 Å². The first-order valence-electron chi connectivity index (χ1n) is 11.7. The van der Waals surface area contributed by atoms with Crippen LogP contribution in [0.4, 0.5) is 0 Å². The van der Waals surface area contributed by atoms with E-state index in [-0.39, 0.29) is 5.41 Å². The van der Waals surface area contributed by atoms with Gasteiger partial charge in [0.25, 0.3) is 0 Å².